The fraction of sp³-hybridized carbons (Fsp3) is 0.500. The van der Waals surface area contributed by atoms with Gasteiger partial charge in [-0.05, 0) is 36.5 Å². The molecule has 0 spiro atoms. The third-order valence-electron chi connectivity index (χ3n) is 3.72. The number of carbonyl (C=O) groups excluding carboxylic acids is 1. The molecule has 1 saturated heterocycles. The number of aliphatic hydroxyl groups is 1. The Morgan fingerprint density at radius 2 is 1.95 bits per heavy atom. The zero-order valence-corrected chi connectivity index (χ0v) is 11.5. The van der Waals surface area contributed by atoms with Gasteiger partial charge < -0.3 is 15.7 Å². The zero-order chi connectivity index (χ0) is 13.8. The standard InChI is InChI=1S/C14H19ClN2O2/c15-12-3-1-10(2-4-12)14(19)11-5-7-17(8-6-11)13(18)9-16/h1-4,11,14,19H,5-9,16H2/t14-/m1/s1. The van der Waals surface area contributed by atoms with Crippen molar-refractivity contribution in [3.05, 3.63) is 34.9 Å². The monoisotopic (exact) mass is 282 g/mol. The Kier molecular flexibility index (Phi) is 4.80. The SMILES string of the molecule is NCC(=O)N1CCC([C@H](O)c2ccc(Cl)cc2)CC1. The van der Waals surface area contributed by atoms with E-state index in [-0.39, 0.29) is 18.4 Å². The average molecular weight is 283 g/mol. The van der Waals surface area contributed by atoms with E-state index < -0.39 is 6.10 Å². The number of hydrogen-bond acceptors (Lipinski definition) is 3. The number of piperidine rings is 1. The van der Waals surface area contributed by atoms with E-state index in [1.807, 2.05) is 12.1 Å². The van der Waals surface area contributed by atoms with Gasteiger partial charge >= 0.3 is 0 Å². The van der Waals surface area contributed by atoms with Crippen LogP contribution < -0.4 is 5.73 Å². The topological polar surface area (TPSA) is 66.6 Å². The maximum atomic E-state index is 11.5. The van der Waals surface area contributed by atoms with Crippen LogP contribution in [0.25, 0.3) is 0 Å². The van der Waals surface area contributed by atoms with Gasteiger partial charge in [-0.15, -0.1) is 0 Å². The van der Waals surface area contributed by atoms with Crippen molar-refractivity contribution in [3.8, 4) is 0 Å². The number of nitrogens with two attached hydrogens (primary N) is 1. The molecular weight excluding hydrogens is 264 g/mol. The molecule has 104 valence electrons. The lowest BCUT2D eigenvalue weighted by Gasteiger charge is -2.34. The van der Waals surface area contributed by atoms with Crippen molar-refractivity contribution in [3.63, 3.8) is 0 Å². The molecule has 1 heterocycles. The van der Waals surface area contributed by atoms with Gasteiger partial charge in [0.2, 0.25) is 5.91 Å². The first-order valence-corrected chi connectivity index (χ1v) is 6.91. The molecule has 1 atom stereocenters. The summed E-state index contributed by atoms with van der Waals surface area (Å²) < 4.78 is 0. The maximum absolute atomic E-state index is 11.5. The molecule has 1 aromatic carbocycles. The Morgan fingerprint density at radius 3 is 2.47 bits per heavy atom. The summed E-state index contributed by atoms with van der Waals surface area (Å²) in [6.07, 6.45) is 1.11. The molecule has 1 amide bonds. The number of benzene rings is 1. The summed E-state index contributed by atoms with van der Waals surface area (Å²) in [4.78, 5) is 13.2. The molecule has 3 N–H and O–H groups in total. The number of nitrogens with zero attached hydrogens (tertiary/aromatic N) is 1. The zero-order valence-electron chi connectivity index (χ0n) is 10.8. The molecule has 1 aliphatic rings. The average Bonchev–Trinajstić information content (AvgIpc) is 2.46. The molecular formula is C14H19ClN2O2. The fourth-order valence-corrected chi connectivity index (χ4v) is 2.65. The van der Waals surface area contributed by atoms with Crippen LogP contribution in [-0.4, -0.2) is 35.5 Å². The molecule has 19 heavy (non-hydrogen) atoms. The van der Waals surface area contributed by atoms with E-state index in [0.717, 1.165) is 18.4 Å². The van der Waals surface area contributed by atoms with Crippen LogP contribution in [0.3, 0.4) is 0 Å². The Morgan fingerprint density at radius 1 is 1.37 bits per heavy atom. The van der Waals surface area contributed by atoms with E-state index in [0.29, 0.717) is 18.1 Å². The van der Waals surface area contributed by atoms with Crippen LogP contribution in [0.1, 0.15) is 24.5 Å². The van der Waals surface area contributed by atoms with Crippen molar-refractivity contribution in [2.24, 2.45) is 11.7 Å². The number of halogens is 1. The number of amides is 1. The van der Waals surface area contributed by atoms with Crippen LogP contribution in [0.4, 0.5) is 0 Å². The molecule has 0 saturated carbocycles. The largest absolute Gasteiger partial charge is 0.388 e. The molecule has 1 fully saturated rings. The lowest BCUT2D eigenvalue weighted by Crippen LogP contribution is -2.42. The van der Waals surface area contributed by atoms with Gasteiger partial charge in [-0.1, -0.05) is 23.7 Å². The van der Waals surface area contributed by atoms with E-state index >= 15 is 0 Å². The molecule has 0 unspecified atom stereocenters. The number of likely N-dealkylation sites (tertiary alicyclic amines) is 1. The Labute approximate surface area is 118 Å². The Hall–Kier alpha value is -1.10. The molecule has 0 aliphatic carbocycles. The smallest absolute Gasteiger partial charge is 0.236 e. The molecule has 0 radical (unpaired) electrons. The second-order valence-corrected chi connectivity index (χ2v) is 5.36. The van der Waals surface area contributed by atoms with Gasteiger partial charge in [-0.3, -0.25) is 4.79 Å². The molecule has 1 aliphatic heterocycles. The van der Waals surface area contributed by atoms with E-state index in [1.165, 1.54) is 0 Å². The summed E-state index contributed by atoms with van der Waals surface area (Å²) >= 11 is 5.83. The number of rotatable bonds is 3. The summed E-state index contributed by atoms with van der Waals surface area (Å²) in [5, 5.41) is 11.0. The first kappa shape index (κ1) is 14.3. The van der Waals surface area contributed by atoms with Gasteiger partial charge in [0.1, 0.15) is 0 Å². The van der Waals surface area contributed by atoms with E-state index in [1.54, 1.807) is 17.0 Å². The summed E-state index contributed by atoms with van der Waals surface area (Å²) in [5.41, 5.74) is 6.23. The third kappa shape index (κ3) is 3.47. The number of aliphatic hydroxyl groups excluding tert-OH is 1. The Balaban J connectivity index is 1.94. The number of carbonyl (C=O) groups is 1. The van der Waals surface area contributed by atoms with Crippen LogP contribution in [0, 0.1) is 5.92 Å². The van der Waals surface area contributed by atoms with Gasteiger partial charge in [0.25, 0.3) is 0 Å². The maximum Gasteiger partial charge on any atom is 0.236 e. The normalized spacial score (nSPS) is 18.4. The van der Waals surface area contributed by atoms with Crippen molar-refractivity contribution in [2.75, 3.05) is 19.6 Å². The Bertz CT molecular complexity index is 428. The summed E-state index contributed by atoms with van der Waals surface area (Å²) in [6.45, 7) is 1.40. The van der Waals surface area contributed by atoms with E-state index in [4.69, 9.17) is 17.3 Å². The molecule has 4 nitrogen and oxygen atoms in total. The minimum atomic E-state index is -0.493. The lowest BCUT2D eigenvalue weighted by atomic mass is 9.87. The minimum Gasteiger partial charge on any atom is -0.388 e. The van der Waals surface area contributed by atoms with Gasteiger partial charge in [-0.25, -0.2) is 0 Å². The molecule has 0 aromatic heterocycles. The summed E-state index contributed by atoms with van der Waals surface area (Å²) in [5.74, 6) is 0.169. The lowest BCUT2D eigenvalue weighted by molar-refractivity contribution is -0.131. The van der Waals surface area contributed by atoms with Crippen molar-refractivity contribution in [1.29, 1.82) is 0 Å². The van der Waals surface area contributed by atoms with Crippen LogP contribution in [-0.2, 0) is 4.79 Å². The summed E-state index contributed by atoms with van der Waals surface area (Å²) in [6, 6.07) is 7.27. The van der Waals surface area contributed by atoms with Crippen molar-refractivity contribution < 1.29 is 9.90 Å². The predicted molar refractivity (Wildman–Crippen MR) is 74.8 cm³/mol. The van der Waals surface area contributed by atoms with Crippen molar-refractivity contribution in [1.82, 2.24) is 4.90 Å². The highest BCUT2D eigenvalue weighted by Crippen LogP contribution is 2.31. The van der Waals surface area contributed by atoms with Gasteiger partial charge in [-0.2, -0.15) is 0 Å². The molecule has 1 aromatic rings. The van der Waals surface area contributed by atoms with Gasteiger partial charge in [0.15, 0.2) is 0 Å². The highest BCUT2D eigenvalue weighted by molar-refractivity contribution is 6.30. The molecule has 2 rings (SSSR count). The second kappa shape index (κ2) is 6.37. The molecule has 0 bridgehead atoms. The fourth-order valence-electron chi connectivity index (χ4n) is 2.53. The quantitative estimate of drug-likeness (QED) is 0.884. The first-order chi connectivity index (χ1) is 9.11. The summed E-state index contributed by atoms with van der Waals surface area (Å²) in [7, 11) is 0. The van der Waals surface area contributed by atoms with Crippen molar-refractivity contribution >= 4 is 17.5 Å². The third-order valence-corrected chi connectivity index (χ3v) is 3.98. The molecule has 5 heteroatoms. The van der Waals surface area contributed by atoms with Crippen molar-refractivity contribution in [2.45, 2.75) is 18.9 Å². The minimum absolute atomic E-state index is 0.0144. The van der Waals surface area contributed by atoms with Gasteiger partial charge in [0.05, 0.1) is 12.6 Å². The number of hydrogen-bond donors (Lipinski definition) is 2. The van der Waals surface area contributed by atoms with E-state index in [9.17, 15) is 9.90 Å². The van der Waals surface area contributed by atoms with Crippen LogP contribution in [0.5, 0.6) is 0 Å². The van der Waals surface area contributed by atoms with Crippen LogP contribution in [0.15, 0.2) is 24.3 Å². The van der Waals surface area contributed by atoms with Crippen LogP contribution in [0.2, 0.25) is 5.02 Å². The highest BCUT2D eigenvalue weighted by atomic mass is 35.5. The van der Waals surface area contributed by atoms with Crippen LogP contribution >= 0.6 is 11.6 Å². The first-order valence-electron chi connectivity index (χ1n) is 6.53. The predicted octanol–water partition coefficient (Wildman–Crippen LogP) is 1.57. The van der Waals surface area contributed by atoms with Gasteiger partial charge in [0, 0.05) is 18.1 Å². The van der Waals surface area contributed by atoms with E-state index in [2.05, 4.69) is 0 Å². The highest BCUT2D eigenvalue weighted by Gasteiger charge is 2.27. The second-order valence-electron chi connectivity index (χ2n) is 4.92.